The molecule has 2 N–H and O–H groups in total. The molecule has 2 unspecified atom stereocenters. The van der Waals surface area contributed by atoms with Gasteiger partial charge in [0.05, 0.1) is 12.2 Å². The van der Waals surface area contributed by atoms with E-state index >= 15 is 0 Å². The van der Waals surface area contributed by atoms with Crippen LogP contribution in [-0.4, -0.2) is 36.5 Å². The average Bonchev–Trinajstić information content (AvgIpc) is 3.00. The second kappa shape index (κ2) is 4.17. The van der Waals surface area contributed by atoms with Crippen LogP contribution in [0.2, 0.25) is 0 Å². The summed E-state index contributed by atoms with van der Waals surface area (Å²) in [5.41, 5.74) is -0.594. The summed E-state index contributed by atoms with van der Waals surface area (Å²) in [5.74, 6) is 0.308. The molecule has 0 bridgehead atoms. The van der Waals surface area contributed by atoms with Gasteiger partial charge in [-0.3, -0.25) is 0 Å². The summed E-state index contributed by atoms with van der Waals surface area (Å²) < 4.78 is 5.40. The van der Waals surface area contributed by atoms with E-state index in [0.717, 1.165) is 26.1 Å². The smallest absolute Gasteiger partial charge is 0.0793 e. The molecule has 1 aliphatic heterocycles. The molecule has 0 aromatic carbocycles. The van der Waals surface area contributed by atoms with E-state index in [1.807, 2.05) is 6.92 Å². The monoisotopic (exact) mass is 199 g/mol. The fraction of sp³-hybridized carbons (Fsp3) is 1.00. The summed E-state index contributed by atoms with van der Waals surface area (Å²) in [7, 11) is 0. The number of hydrogen-bond donors (Lipinski definition) is 2. The maximum absolute atomic E-state index is 10.3. The summed E-state index contributed by atoms with van der Waals surface area (Å²) in [6, 6.07) is 0.672. The second-order valence-corrected chi connectivity index (χ2v) is 4.93. The highest BCUT2D eigenvalue weighted by Crippen LogP contribution is 2.27. The van der Waals surface area contributed by atoms with Crippen molar-refractivity contribution >= 4 is 0 Å². The lowest BCUT2D eigenvalue weighted by atomic mass is 9.85. The lowest BCUT2D eigenvalue weighted by Gasteiger charge is -2.35. The molecule has 0 spiro atoms. The van der Waals surface area contributed by atoms with Crippen molar-refractivity contribution in [3.63, 3.8) is 0 Å². The van der Waals surface area contributed by atoms with Crippen LogP contribution in [0, 0.1) is 5.92 Å². The molecule has 0 amide bonds. The number of hydrogen-bond acceptors (Lipinski definition) is 3. The third kappa shape index (κ3) is 2.69. The van der Waals surface area contributed by atoms with Crippen LogP contribution in [0.3, 0.4) is 0 Å². The van der Waals surface area contributed by atoms with Crippen LogP contribution in [0.25, 0.3) is 0 Å². The first kappa shape index (κ1) is 10.4. The molecular weight excluding hydrogens is 178 g/mol. The second-order valence-electron chi connectivity index (χ2n) is 4.93. The van der Waals surface area contributed by atoms with Gasteiger partial charge in [-0.2, -0.15) is 0 Å². The predicted octanol–water partition coefficient (Wildman–Crippen LogP) is 0.916. The molecule has 0 radical (unpaired) electrons. The lowest BCUT2D eigenvalue weighted by molar-refractivity contribution is -0.0665. The van der Waals surface area contributed by atoms with Gasteiger partial charge in [-0.25, -0.2) is 0 Å². The van der Waals surface area contributed by atoms with Gasteiger partial charge >= 0.3 is 0 Å². The Hall–Kier alpha value is -0.120. The predicted molar refractivity (Wildman–Crippen MR) is 55.2 cm³/mol. The molecule has 0 aromatic rings. The van der Waals surface area contributed by atoms with E-state index in [0.29, 0.717) is 18.5 Å². The molecule has 2 aliphatic rings. The van der Waals surface area contributed by atoms with E-state index in [1.165, 1.54) is 12.8 Å². The van der Waals surface area contributed by atoms with E-state index in [2.05, 4.69) is 5.32 Å². The van der Waals surface area contributed by atoms with Crippen LogP contribution in [0.4, 0.5) is 0 Å². The molecule has 1 heterocycles. The number of ether oxygens (including phenoxy) is 1. The Balaban J connectivity index is 1.78. The van der Waals surface area contributed by atoms with Gasteiger partial charge in [0.2, 0.25) is 0 Å². The molecule has 2 rings (SSSR count). The molecule has 14 heavy (non-hydrogen) atoms. The maximum atomic E-state index is 10.3. The van der Waals surface area contributed by atoms with Crippen molar-refractivity contribution in [2.24, 2.45) is 5.92 Å². The fourth-order valence-corrected chi connectivity index (χ4v) is 2.01. The zero-order valence-corrected chi connectivity index (χ0v) is 8.96. The first-order chi connectivity index (χ1) is 6.68. The molecule has 1 saturated carbocycles. The van der Waals surface area contributed by atoms with Crippen molar-refractivity contribution in [2.75, 3.05) is 19.8 Å². The first-order valence-electron chi connectivity index (χ1n) is 5.72. The van der Waals surface area contributed by atoms with Crippen molar-refractivity contribution in [2.45, 2.75) is 44.2 Å². The summed E-state index contributed by atoms with van der Waals surface area (Å²) in [5, 5.41) is 13.7. The van der Waals surface area contributed by atoms with E-state index in [1.54, 1.807) is 0 Å². The maximum Gasteiger partial charge on any atom is 0.0793 e. The summed E-state index contributed by atoms with van der Waals surface area (Å²) >= 11 is 0. The Morgan fingerprint density at radius 3 is 2.79 bits per heavy atom. The van der Waals surface area contributed by atoms with Crippen molar-refractivity contribution in [1.82, 2.24) is 5.32 Å². The van der Waals surface area contributed by atoms with Crippen LogP contribution in [0.1, 0.15) is 32.6 Å². The van der Waals surface area contributed by atoms with Gasteiger partial charge in [0.25, 0.3) is 0 Å². The molecule has 3 nitrogen and oxygen atoms in total. The van der Waals surface area contributed by atoms with Crippen molar-refractivity contribution in [1.29, 1.82) is 0 Å². The van der Waals surface area contributed by atoms with Crippen LogP contribution in [0.15, 0.2) is 0 Å². The van der Waals surface area contributed by atoms with Crippen LogP contribution < -0.4 is 5.32 Å². The van der Waals surface area contributed by atoms with E-state index < -0.39 is 5.60 Å². The molecule has 82 valence electrons. The zero-order valence-electron chi connectivity index (χ0n) is 8.96. The summed E-state index contributed by atoms with van der Waals surface area (Å²) in [6.45, 7) is 4.23. The van der Waals surface area contributed by atoms with E-state index in [4.69, 9.17) is 4.74 Å². The van der Waals surface area contributed by atoms with Crippen LogP contribution in [0.5, 0.6) is 0 Å². The molecule has 1 aliphatic carbocycles. The quantitative estimate of drug-likeness (QED) is 0.707. The highest BCUT2D eigenvalue weighted by atomic mass is 16.5. The molecular formula is C11H21NO2. The minimum absolute atomic E-state index is 0.308. The fourth-order valence-electron chi connectivity index (χ4n) is 2.01. The van der Waals surface area contributed by atoms with Gasteiger partial charge in [0.15, 0.2) is 0 Å². The highest BCUT2D eigenvalue weighted by molar-refractivity contribution is 4.90. The Morgan fingerprint density at radius 1 is 1.43 bits per heavy atom. The normalized spacial score (nSPS) is 32.6. The van der Waals surface area contributed by atoms with Crippen molar-refractivity contribution in [3.8, 4) is 0 Å². The van der Waals surface area contributed by atoms with E-state index in [-0.39, 0.29) is 0 Å². The number of aliphatic hydroxyl groups is 1. The molecule has 3 heteroatoms. The third-order valence-corrected chi connectivity index (χ3v) is 3.37. The first-order valence-corrected chi connectivity index (χ1v) is 5.72. The molecule has 2 atom stereocenters. The summed E-state index contributed by atoms with van der Waals surface area (Å²) in [6.07, 6.45) is 4.73. The Kier molecular flexibility index (Phi) is 3.10. The average molecular weight is 199 g/mol. The van der Waals surface area contributed by atoms with Crippen molar-refractivity contribution < 1.29 is 9.84 Å². The summed E-state index contributed by atoms with van der Waals surface area (Å²) in [4.78, 5) is 0. The zero-order chi connectivity index (χ0) is 10.0. The lowest BCUT2D eigenvalue weighted by Crippen LogP contribution is -2.47. The standard InChI is InChI=1S/C11H21NO2/c1-11(13,8-12-10-4-5-10)9-3-2-6-14-7-9/h9-10,12-13H,2-8H2,1H3. The number of nitrogens with one attached hydrogen (secondary N) is 1. The SMILES string of the molecule is CC(O)(CNC1CC1)C1CCCOC1. The van der Waals surface area contributed by atoms with Crippen molar-refractivity contribution in [3.05, 3.63) is 0 Å². The Morgan fingerprint density at radius 2 is 2.21 bits per heavy atom. The van der Waals surface area contributed by atoms with Gasteiger partial charge in [-0.15, -0.1) is 0 Å². The minimum Gasteiger partial charge on any atom is -0.388 e. The largest absolute Gasteiger partial charge is 0.388 e. The van der Waals surface area contributed by atoms with Crippen LogP contribution in [-0.2, 0) is 4.74 Å². The van der Waals surface area contributed by atoms with Gasteiger partial charge in [0, 0.05) is 25.1 Å². The molecule has 0 aromatic heterocycles. The Bertz CT molecular complexity index is 184. The third-order valence-electron chi connectivity index (χ3n) is 3.37. The van der Waals surface area contributed by atoms with Gasteiger partial charge in [0.1, 0.15) is 0 Å². The highest BCUT2D eigenvalue weighted by Gasteiger charge is 2.34. The molecule has 1 saturated heterocycles. The molecule has 2 fully saturated rings. The van der Waals surface area contributed by atoms with Gasteiger partial charge in [-0.1, -0.05) is 0 Å². The Labute approximate surface area is 85.8 Å². The van der Waals surface area contributed by atoms with Crippen LogP contribution >= 0.6 is 0 Å². The van der Waals surface area contributed by atoms with E-state index in [9.17, 15) is 5.11 Å². The van der Waals surface area contributed by atoms with Gasteiger partial charge < -0.3 is 15.2 Å². The topological polar surface area (TPSA) is 41.5 Å². The minimum atomic E-state index is -0.594. The number of rotatable bonds is 4. The van der Waals surface area contributed by atoms with Gasteiger partial charge in [-0.05, 0) is 32.6 Å².